The number of amides is 1. The molecule has 2 heterocycles. The van der Waals surface area contributed by atoms with Gasteiger partial charge in [-0.2, -0.15) is 0 Å². The highest BCUT2D eigenvalue weighted by Crippen LogP contribution is 2.18. The van der Waals surface area contributed by atoms with E-state index in [9.17, 15) is 14.0 Å². The SMILES string of the molecule is Cc1nc(C(N)=O)c2[nH]c(=O)n(-c3ccccc3F)c2n1. The molecule has 0 saturated carbocycles. The zero-order valence-corrected chi connectivity index (χ0v) is 10.9. The molecule has 0 aliphatic heterocycles. The third-order valence-electron chi connectivity index (χ3n) is 2.98. The Morgan fingerprint density at radius 3 is 2.71 bits per heavy atom. The van der Waals surface area contributed by atoms with Crippen LogP contribution in [-0.2, 0) is 0 Å². The molecule has 0 aliphatic carbocycles. The predicted molar refractivity (Wildman–Crippen MR) is 72.7 cm³/mol. The van der Waals surface area contributed by atoms with Gasteiger partial charge in [0, 0.05) is 0 Å². The molecule has 0 spiro atoms. The molecule has 0 radical (unpaired) electrons. The normalized spacial score (nSPS) is 11.0. The number of aromatic nitrogens is 4. The van der Waals surface area contributed by atoms with Crippen molar-refractivity contribution in [1.29, 1.82) is 0 Å². The Labute approximate surface area is 117 Å². The number of rotatable bonds is 2. The van der Waals surface area contributed by atoms with Crippen molar-refractivity contribution < 1.29 is 9.18 Å². The maximum atomic E-state index is 13.9. The molecule has 7 nitrogen and oxygen atoms in total. The summed E-state index contributed by atoms with van der Waals surface area (Å²) < 4.78 is 15.0. The average molecular weight is 287 g/mol. The average Bonchev–Trinajstić information content (AvgIpc) is 2.74. The van der Waals surface area contributed by atoms with Crippen LogP contribution in [0.2, 0.25) is 0 Å². The van der Waals surface area contributed by atoms with Gasteiger partial charge in [-0.15, -0.1) is 0 Å². The predicted octanol–water partition coefficient (Wildman–Crippen LogP) is 0.655. The number of halogens is 1. The second-order valence-corrected chi connectivity index (χ2v) is 4.40. The number of nitrogens with zero attached hydrogens (tertiary/aromatic N) is 3. The number of aryl methyl sites for hydroxylation is 1. The van der Waals surface area contributed by atoms with Crippen LogP contribution in [0.3, 0.4) is 0 Å². The number of H-pyrrole nitrogens is 1. The zero-order chi connectivity index (χ0) is 15.1. The van der Waals surface area contributed by atoms with Crippen LogP contribution < -0.4 is 11.4 Å². The first-order chi connectivity index (χ1) is 9.99. The Morgan fingerprint density at radius 1 is 1.33 bits per heavy atom. The Kier molecular flexibility index (Phi) is 2.79. The van der Waals surface area contributed by atoms with E-state index in [0.29, 0.717) is 0 Å². The highest BCUT2D eigenvalue weighted by Gasteiger charge is 2.19. The Balaban J connectivity index is 2.46. The number of imidazole rings is 1. The number of hydrogen-bond donors (Lipinski definition) is 2. The lowest BCUT2D eigenvalue weighted by atomic mass is 10.3. The molecule has 0 unspecified atom stereocenters. The summed E-state index contributed by atoms with van der Waals surface area (Å²) in [5.41, 5.74) is 4.73. The van der Waals surface area contributed by atoms with Gasteiger partial charge < -0.3 is 10.7 Å². The molecule has 2 aromatic heterocycles. The van der Waals surface area contributed by atoms with E-state index in [1.807, 2.05) is 0 Å². The molecule has 3 aromatic rings. The molecule has 1 aromatic carbocycles. The topological polar surface area (TPSA) is 107 Å². The lowest BCUT2D eigenvalue weighted by Gasteiger charge is -2.05. The van der Waals surface area contributed by atoms with Gasteiger partial charge in [0.1, 0.15) is 17.2 Å². The first-order valence-electron chi connectivity index (χ1n) is 6.03. The van der Waals surface area contributed by atoms with Crippen LogP contribution in [0.5, 0.6) is 0 Å². The molecule has 8 heteroatoms. The van der Waals surface area contributed by atoms with Gasteiger partial charge in [0.15, 0.2) is 11.3 Å². The lowest BCUT2D eigenvalue weighted by Crippen LogP contribution is -2.16. The van der Waals surface area contributed by atoms with Gasteiger partial charge in [0.05, 0.1) is 5.69 Å². The van der Waals surface area contributed by atoms with Crippen LogP contribution >= 0.6 is 0 Å². The third kappa shape index (κ3) is 1.97. The molecular weight excluding hydrogens is 277 g/mol. The fourth-order valence-corrected chi connectivity index (χ4v) is 2.13. The second-order valence-electron chi connectivity index (χ2n) is 4.40. The first-order valence-corrected chi connectivity index (χ1v) is 6.03. The number of hydrogen-bond acceptors (Lipinski definition) is 4. The molecule has 3 rings (SSSR count). The van der Waals surface area contributed by atoms with E-state index in [2.05, 4.69) is 15.0 Å². The summed E-state index contributed by atoms with van der Waals surface area (Å²) in [5, 5.41) is 0. The van der Waals surface area contributed by atoms with Crippen LogP contribution in [0.25, 0.3) is 16.9 Å². The van der Waals surface area contributed by atoms with Crippen molar-refractivity contribution in [2.45, 2.75) is 6.92 Å². The summed E-state index contributed by atoms with van der Waals surface area (Å²) >= 11 is 0. The van der Waals surface area contributed by atoms with Gasteiger partial charge in [0.25, 0.3) is 5.91 Å². The summed E-state index contributed by atoms with van der Waals surface area (Å²) in [6.07, 6.45) is 0. The number of aromatic amines is 1. The zero-order valence-electron chi connectivity index (χ0n) is 10.9. The number of benzene rings is 1. The van der Waals surface area contributed by atoms with E-state index >= 15 is 0 Å². The maximum absolute atomic E-state index is 13.9. The molecule has 106 valence electrons. The quantitative estimate of drug-likeness (QED) is 0.721. The van der Waals surface area contributed by atoms with E-state index in [0.717, 1.165) is 4.57 Å². The minimum absolute atomic E-state index is 0.0299. The van der Waals surface area contributed by atoms with Crippen molar-refractivity contribution in [2.75, 3.05) is 0 Å². The van der Waals surface area contributed by atoms with Gasteiger partial charge in [-0.05, 0) is 19.1 Å². The van der Waals surface area contributed by atoms with Crippen LogP contribution in [0.15, 0.2) is 29.1 Å². The number of nitrogens with two attached hydrogens (primary N) is 1. The van der Waals surface area contributed by atoms with Crippen molar-refractivity contribution in [3.8, 4) is 5.69 Å². The molecule has 0 atom stereocenters. The summed E-state index contributed by atoms with van der Waals surface area (Å²) in [5.74, 6) is -1.13. The first kappa shape index (κ1) is 13.0. The van der Waals surface area contributed by atoms with Gasteiger partial charge >= 0.3 is 5.69 Å². The Hall–Kier alpha value is -3.03. The third-order valence-corrected chi connectivity index (χ3v) is 2.98. The van der Waals surface area contributed by atoms with E-state index in [1.54, 1.807) is 13.0 Å². The molecule has 0 bridgehead atoms. The largest absolute Gasteiger partial charge is 0.364 e. The van der Waals surface area contributed by atoms with Crippen molar-refractivity contribution in [1.82, 2.24) is 19.5 Å². The van der Waals surface area contributed by atoms with Crippen molar-refractivity contribution in [3.63, 3.8) is 0 Å². The Bertz CT molecular complexity index is 928. The fraction of sp³-hybridized carbons (Fsp3) is 0.0769. The minimum atomic E-state index is -0.799. The summed E-state index contributed by atoms with van der Waals surface area (Å²) in [6.45, 7) is 1.55. The lowest BCUT2D eigenvalue weighted by molar-refractivity contribution is 0.0997. The van der Waals surface area contributed by atoms with Crippen molar-refractivity contribution in [2.24, 2.45) is 5.73 Å². The van der Waals surface area contributed by atoms with Gasteiger partial charge in [0.2, 0.25) is 0 Å². The van der Waals surface area contributed by atoms with E-state index in [1.165, 1.54) is 18.2 Å². The number of para-hydroxylation sites is 1. The van der Waals surface area contributed by atoms with Crippen LogP contribution in [0.1, 0.15) is 16.3 Å². The Morgan fingerprint density at radius 2 is 2.05 bits per heavy atom. The van der Waals surface area contributed by atoms with Gasteiger partial charge in [-0.25, -0.2) is 23.7 Å². The summed E-state index contributed by atoms with van der Waals surface area (Å²) in [7, 11) is 0. The smallest absolute Gasteiger partial charge is 0.332 e. The number of carbonyl (C=O) groups is 1. The molecule has 3 N–H and O–H groups in total. The van der Waals surface area contributed by atoms with Crippen molar-refractivity contribution >= 4 is 17.1 Å². The van der Waals surface area contributed by atoms with E-state index in [-0.39, 0.29) is 28.4 Å². The summed E-state index contributed by atoms with van der Waals surface area (Å²) in [4.78, 5) is 34.0. The van der Waals surface area contributed by atoms with Crippen LogP contribution in [0.4, 0.5) is 4.39 Å². The number of fused-ring (bicyclic) bond motifs is 1. The standard InChI is InChI=1S/C13H10FN5O2/c1-6-16-9(11(15)20)10-12(17-6)19(13(21)18-10)8-5-3-2-4-7(8)14/h2-5H,1H3,(H2,15,20)(H,18,21). The molecule has 0 fully saturated rings. The van der Waals surface area contributed by atoms with E-state index in [4.69, 9.17) is 5.73 Å². The van der Waals surface area contributed by atoms with Gasteiger partial charge in [-0.3, -0.25) is 4.79 Å². The fourth-order valence-electron chi connectivity index (χ4n) is 2.13. The molecule has 21 heavy (non-hydrogen) atoms. The monoisotopic (exact) mass is 287 g/mol. The minimum Gasteiger partial charge on any atom is -0.364 e. The number of nitrogens with one attached hydrogen (secondary N) is 1. The highest BCUT2D eigenvalue weighted by atomic mass is 19.1. The van der Waals surface area contributed by atoms with Crippen LogP contribution in [0, 0.1) is 12.7 Å². The van der Waals surface area contributed by atoms with E-state index < -0.39 is 17.4 Å². The van der Waals surface area contributed by atoms with Crippen LogP contribution in [-0.4, -0.2) is 25.4 Å². The molecule has 1 amide bonds. The molecular formula is C13H10FN5O2. The van der Waals surface area contributed by atoms with Gasteiger partial charge in [-0.1, -0.05) is 12.1 Å². The summed E-state index contributed by atoms with van der Waals surface area (Å²) in [6, 6.07) is 5.76. The molecule has 0 saturated heterocycles. The maximum Gasteiger partial charge on any atom is 0.332 e. The molecule has 0 aliphatic rings. The highest BCUT2D eigenvalue weighted by molar-refractivity contribution is 6.01. The number of primary amides is 1. The van der Waals surface area contributed by atoms with Crippen molar-refractivity contribution in [3.05, 3.63) is 52.1 Å². The second kappa shape index (κ2) is 4.51. The number of carbonyl (C=O) groups excluding carboxylic acids is 1.